The van der Waals surface area contributed by atoms with Gasteiger partial charge >= 0.3 is 0 Å². The Labute approximate surface area is 121 Å². The summed E-state index contributed by atoms with van der Waals surface area (Å²) in [5, 5.41) is 1.19. The third-order valence-corrected chi connectivity index (χ3v) is 3.81. The van der Waals surface area contributed by atoms with Crippen LogP contribution in [0.15, 0.2) is 30.3 Å². The first-order chi connectivity index (χ1) is 8.61. The SMILES string of the molecule is CC(C)C(=O)C(Cc1cc2ccccc2[nH]1)NI. The molecule has 0 fully saturated rings. The third-order valence-electron chi connectivity index (χ3n) is 3.05. The zero-order valence-corrected chi connectivity index (χ0v) is 12.7. The molecule has 0 aliphatic heterocycles. The van der Waals surface area contributed by atoms with Gasteiger partial charge in [0.1, 0.15) is 0 Å². The molecule has 1 atom stereocenters. The highest BCUT2D eigenvalue weighted by atomic mass is 127. The van der Waals surface area contributed by atoms with E-state index in [0.717, 1.165) is 11.2 Å². The first-order valence-electron chi connectivity index (χ1n) is 6.08. The molecule has 0 amide bonds. The van der Waals surface area contributed by atoms with Gasteiger partial charge in [-0.3, -0.25) is 8.32 Å². The Morgan fingerprint density at radius 1 is 1.39 bits per heavy atom. The minimum atomic E-state index is -0.126. The van der Waals surface area contributed by atoms with E-state index in [1.807, 2.05) is 26.0 Å². The quantitative estimate of drug-likeness (QED) is 0.638. The van der Waals surface area contributed by atoms with E-state index < -0.39 is 0 Å². The first-order valence-corrected chi connectivity index (χ1v) is 7.16. The minimum absolute atomic E-state index is 0.0571. The molecule has 0 saturated heterocycles. The van der Waals surface area contributed by atoms with Crippen LogP contribution >= 0.6 is 22.9 Å². The number of carbonyl (C=O) groups excluding carboxylic acids is 1. The Kier molecular flexibility index (Phi) is 4.40. The van der Waals surface area contributed by atoms with Gasteiger partial charge < -0.3 is 4.98 Å². The lowest BCUT2D eigenvalue weighted by molar-refractivity contribution is -0.123. The van der Waals surface area contributed by atoms with Crippen molar-refractivity contribution in [3.63, 3.8) is 0 Å². The fourth-order valence-corrected chi connectivity index (χ4v) is 2.59. The lowest BCUT2D eigenvalue weighted by atomic mass is 9.99. The maximum Gasteiger partial charge on any atom is 0.153 e. The molecule has 0 saturated carbocycles. The van der Waals surface area contributed by atoms with Gasteiger partial charge in [-0.15, -0.1) is 0 Å². The van der Waals surface area contributed by atoms with Crippen LogP contribution in [-0.2, 0) is 11.2 Å². The number of benzene rings is 1. The smallest absolute Gasteiger partial charge is 0.153 e. The molecule has 18 heavy (non-hydrogen) atoms. The fourth-order valence-electron chi connectivity index (χ4n) is 2.06. The summed E-state index contributed by atoms with van der Waals surface area (Å²) in [5.74, 6) is 0.310. The Balaban J connectivity index is 2.19. The van der Waals surface area contributed by atoms with Gasteiger partial charge in [0.05, 0.1) is 6.04 Å². The van der Waals surface area contributed by atoms with Crippen LogP contribution in [0.25, 0.3) is 10.9 Å². The second-order valence-corrected chi connectivity index (χ2v) is 5.43. The summed E-state index contributed by atoms with van der Waals surface area (Å²) in [4.78, 5) is 15.4. The number of aromatic nitrogens is 1. The van der Waals surface area contributed by atoms with Crippen molar-refractivity contribution in [2.75, 3.05) is 0 Å². The number of H-pyrrole nitrogens is 1. The maximum atomic E-state index is 12.0. The van der Waals surface area contributed by atoms with Gasteiger partial charge in [-0.05, 0) is 17.5 Å². The molecule has 1 unspecified atom stereocenters. The van der Waals surface area contributed by atoms with E-state index in [0.29, 0.717) is 6.42 Å². The average Bonchev–Trinajstić information content (AvgIpc) is 2.77. The highest BCUT2D eigenvalue weighted by Crippen LogP contribution is 2.17. The van der Waals surface area contributed by atoms with Crippen molar-refractivity contribution in [3.8, 4) is 0 Å². The largest absolute Gasteiger partial charge is 0.358 e. The predicted octanol–water partition coefficient (Wildman–Crippen LogP) is 3.24. The zero-order valence-electron chi connectivity index (χ0n) is 10.5. The van der Waals surface area contributed by atoms with Gasteiger partial charge in [0, 0.05) is 46.4 Å². The summed E-state index contributed by atoms with van der Waals surface area (Å²) < 4.78 is 3.08. The van der Waals surface area contributed by atoms with Gasteiger partial charge in [0.25, 0.3) is 0 Å². The van der Waals surface area contributed by atoms with Crippen molar-refractivity contribution < 1.29 is 4.79 Å². The zero-order chi connectivity index (χ0) is 13.1. The number of para-hydroxylation sites is 1. The highest BCUT2D eigenvalue weighted by Gasteiger charge is 2.21. The number of nitrogens with one attached hydrogen (secondary N) is 2. The monoisotopic (exact) mass is 356 g/mol. The molecule has 0 radical (unpaired) electrons. The van der Waals surface area contributed by atoms with Gasteiger partial charge in [-0.2, -0.15) is 0 Å². The molecule has 96 valence electrons. The summed E-state index contributed by atoms with van der Waals surface area (Å²) >= 11 is 2.06. The number of hydrogen-bond acceptors (Lipinski definition) is 2. The maximum absolute atomic E-state index is 12.0. The van der Waals surface area contributed by atoms with Crippen LogP contribution in [-0.4, -0.2) is 16.8 Å². The standard InChI is InChI=1S/C14H17IN2O/c1-9(2)14(18)13(17-15)8-11-7-10-5-3-4-6-12(10)16-11/h3-7,9,13,16-17H,8H2,1-2H3. The van der Waals surface area contributed by atoms with Gasteiger partial charge in [0.15, 0.2) is 5.78 Å². The van der Waals surface area contributed by atoms with Gasteiger partial charge in [0.2, 0.25) is 0 Å². The number of rotatable bonds is 5. The molecule has 0 spiro atoms. The Hall–Kier alpha value is -0.880. The second kappa shape index (κ2) is 5.84. The molecule has 1 aromatic heterocycles. The van der Waals surface area contributed by atoms with Crippen LogP contribution in [0.1, 0.15) is 19.5 Å². The first kappa shape index (κ1) is 13.5. The molecule has 1 heterocycles. The van der Waals surface area contributed by atoms with Crippen LogP contribution < -0.4 is 3.53 Å². The molecule has 3 nitrogen and oxygen atoms in total. The Morgan fingerprint density at radius 3 is 2.72 bits per heavy atom. The molecule has 0 bridgehead atoms. The Morgan fingerprint density at radius 2 is 2.11 bits per heavy atom. The van der Waals surface area contributed by atoms with Crippen molar-refractivity contribution in [2.24, 2.45) is 5.92 Å². The molecule has 2 rings (SSSR count). The number of fused-ring (bicyclic) bond motifs is 1. The summed E-state index contributed by atoms with van der Waals surface area (Å²) in [6, 6.07) is 10.1. The van der Waals surface area contributed by atoms with Gasteiger partial charge in [-0.1, -0.05) is 32.0 Å². The number of carbonyl (C=O) groups is 1. The van der Waals surface area contributed by atoms with Crippen LogP contribution in [0.3, 0.4) is 0 Å². The lowest BCUT2D eigenvalue weighted by Crippen LogP contribution is -2.35. The average molecular weight is 356 g/mol. The summed E-state index contributed by atoms with van der Waals surface area (Å²) in [6.45, 7) is 3.88. The lowest BCUT2D eigenvalue weighted by Gasteiger charge is -2.15. The number of halogens is 1. The van der Waals surface area contributed by atoms with Crippen molar-refractivity contribution in [2.45, 2.75) is 26.3 Å². The van der Waals surface area contributed by atoms with Crippen LogP contribution in [0.4, 0.5) is 0 Å². The molecule has 2 aromatic rings. The number of ketones is 1. The van der Waals surface area contributed by atoms with E-state index in [-0.39, 0.29) is 17.7 Å². The Bertz CT molecular complexity index is 514. The van der Waals surface area contributed by atoms with Crippen molar-refractivity contribution in [1.82, 2.24) is 8.51 Å². The van der Waals surface area contributed by atoms with Gasteiger partial charge in [-0.25, -0.2) is 0 Å². The van der Waals surface area contributed by atoms with Crippen molar-refractivity contribution in [1.29, 1.82) is 0 Å². The van der Waals surface area contributed by atoms with Crippen molar-refractivity contribution in [3.05, 3.63) is 36.0 Å². The third kappa shape index (κ3) is 2.92. The molecule has 2 N–H and O–H groups in total. The summed E-state index contributed by atoms with van der Waals surface area (Å²) in [6.07, 6.45) is 0.703. The molecule has 4 heteroatoms. The predicted molar refractivity (Wildman–Crippen MR) is 82.8 cm³/mol. The summed E-state index contributed by atoms with van der Waals surface area (Å²) in [5.41, 5.74) is 2.22. The second-order valence-electron chi connectivity index (χ2n) is 4.80. The van der Waals surface area contributed by atoms with Crippen LogP contribution in [0.5, 0.6) is 0 Å². The fraction of sp³-hybridized carbons (Fsp3) is 0.357. The van der Waals surface area contributed by atoms with E-state index in [2.05, 4.69) is 49.6 Å². The molecule has 1 aromatic carbocycles. The van der Waals surface area contributed by atoms with Crippen molar-refractivity contribution >= 4 is 39.6 Å². The van der Waals surface area contributed by atoms with E-state index in [1.54, 1.807) is 0 Å². The van der Waals surface area contributed by atoms with E-state index in [9.17, 15) is 4.79 Å². The topological polar surface area (TPSA) is 44.9 Å². The molecule has 0 aliphatic carbocycles. The van der Waals surface area contributed by atoms with Crippen LogP contribution in [0.2, 0.25) is 0 Å². The van der Waals surface area contributed by atoms with E-state index in [4.69, 9.17) is 0 Å². The normalized spacial score (nSPS) is 13.1. The molecule has 0 aliphatic rings. The molecular formula is C14H17IN2O. The van der Waals surface area contributed by atoms with E-state index >= 15 is 0 Å². The number of aromatic amines is 1. The highest BCUT2D eigenvalue weighted by molar-refractivity contribution is 14.1. The van der Waals surface area contributed by atoms with Crippen LogP contribution in [0, 0.1) is 5.92 Å². The minimum Gasteiger partial charge on any atom is -0.358 e. The van der Waals surface area contributed by atoms with E-state index in [1.165, 1.54) is 5.39 Å². The molecular weight excluding hydrogens is 339 g/mol. The number of Topliss-reactive ketones (excluding diaryl/α,β-unsaturated/α-hetero) is 1. The summed E-state index contributed by atoms with van der Waals surface area (Å²) in [7, 11) is 0. The number of hydrogen-bond donors (Lipinski definition) is 2.